The zero-order chi connectivity index (χ0) is 12.2. The summed E-state index contributed by atoms with van der Waals surface area (Å²) in [6, 6.07) is 7.53. The summed E-state index contributed by atoms with van der Waals surface area (Å²) >= 11 is 0. The highest BCUT2D eigenvalue weighted by Crippen LogP contribution is 2.31. The fourth-order valence-electron chi connectivity index (χ4n) is 1.55. The smallest absolute Gasteiger partial charge is 0.244 e. The van der Waals surface area contributed by atoms with Crippen molar-refractivity contribution in [2.45, 2.75) is 19.3 Å². The van der Waals surface area contributed by atoms with Crippen molar-refractivity contribution in [3.8, 4) is 5.75 Å². The molecule has 1 amide bonds. The molecule has 0 bridgehead atoms. The second-order valence-corrected chi connectivity index (χ2v) is 4.03. The number of ether oxygens (including phenoxy) is 1. The molecule has 0 unspecified atom stereocenters. The zero-order valence-corrected chi connectivity index (χ0v) is 10.1. The van der Waals surface area contributed by atoms with Crippen molar-refractivity contribution in [1.29, 1.82) is 0 Å². The van der Waals surface area contributed by atoms with E-state index in [4.69, 9.17) is 4.74 Å². The van der Waals surface area contributed by atoms with Gasteiger partial charge in [-0.05, 0) is 19.9 Å². The third-order valence-corrected chi connectivity index (χ3v) is 2.59. The van der Waals surface area contributed by atoms with E-state index in [-0.39, 0.29) is 5.91 Å². The van der Waals surface area contributed by atoms with Crippen LogP contribution in [0.4, 0.5) is 0 Å². The molecule has 0 aliphatic heterocycles. The monoisotopic (exact) mass is 222 g/mol. The predicted octanol–water partition coefficient (Wildman–Crippen LogP) is 1.22. The summed E-state index contributed by atoms with van der Waals surface area (Å²) < 4.78 is 5.26. The van der Waals surface area contributed by atoms with Gasteiger partial charge in [-0.1, -0.05) is 18.2 Å². The van der Waals surface area contributed by atoms with E-state index >= 15 is 0 Å². The average Bonchev–Trinajstić information content (AvgIpc) is 2.29. The Balaban J connectivity index is 3.10. The molecular weight excluding hydrogens is 204 g/mol. The lowest BCUT2D eigenvalue weighted by Crippen LogP contribution is -2.45. The minimum Gasteiger partial charge on any atom is -0.496 e. The van der Waals surface area contributed by atoms with Crippen LogP contribution in [0.15, 0.2) is 24.3 Å². The summed E-state index contributed by atoms with van der Waals surface area (Å²) in [6.07, 6.45) is 0. The van der Waals surface area contributed by atoms with Crippen LogP contribution in [0.1, 0.15) is 19.4 Å². The second kappa shape index (κ2) is 4.99. The SMILES string of the molecule is CNNC(=O)C(C)(C)c1ccccc1OC. The maximum atomic E-state index is 11.9. The number of carbonyl (C=O) groups excluding carboxylic acids is 1. The Labute approximate surface area is 96.0 Å². The third kappa shape index (κ3) is 2.33. The van der Waals surface area contributed by atoms with E-state index in [0.29, 0.717) is 0 Å². The highest BCUT2D eigenvalue weighted by Gasteiger charge is 2.32. The number of carbonyl (C=O) groups is 1. The van der Waals surface area contributed by atoms with Crippen molar-refractivity contribution in [3.05, 3.63) is 29.8 Å². The number of hydrogen-bond donors (Lipinski definition) is 2. The molecule has 0 radical (unpaired) electrons. The molecule has 0 spiro atoms. The van der Waals surface area contributed by atoms with Crippen LogP contribution in [0, 0.1) is 0 Å². The van der Waals surface area contributed by atoms with Crippen molar-refractivity contribution in [2.24, 2.45) is 0 Å². The Hall–Kier alpha value is -1.55. The molecule has 1 rings (SSSR count). The van der Waals surface area contributed by atoms with Crippen LogP contribution in [0.5, 0.6) is 5.75 Å². The molecule has 0 saturated heterocycles. The van der Waals surface area contributed by atoms with Crippen LogP contribution >= 0.6 is 0 Å². The number of rotatable bonds is 4. The molecule has 0 aromatic heterocycles. The molecule has 4 heteroatoms. The number of amides is 1. The molecule has 1 aromatic carbocycles. The van der Waals surface area contributed by atoms with Crippen LogP contribution in [0.3, 0.4) is 0 Å². The van der Waals surface area contributed by atoms with Gasteiger partial charge in [-0.15, -0.1) is 0 Å². The molecule has 0 heterocycles. The van der Waals surface area contributed by atoms with Crippen molar-refractivity contribution in [1.82, 2.24) is 10.9 Å². The predicted molar refractivity (Wildman–Crippen MR) is 63.2 cm³/mol. The van der Waals surface area contributed by atoms with E-state index in [2.05, 4.69) is 10.9 Å². The van der Waals surface area contributed by atoms with Crippen LogP contribution < -0.4 is 15.6 Å². The largest absolute Gasteiger partial charge is 0.496 e. The third-order valence-electron chi connectivity index (χ3n) is 2.59. The van der Waals surface area contributed by atoms with Crippen LogP contribution in [0.2, 0.25) is 0 Å². The molecule has 88 valence electrons. The standard InChI is InChI=1S/C12H18N2O2/c1-12(2,11(15)14-13-3)9-7-5-6-8-10(9)16-4/h5-8,13H,1-4H3,(H,14,15). The molecule has 2 N–H and O–H groups in total. The Morgan fingerprint density at radius 1 is 1.31 bits per heavy atom. The van der Waals surface area contributed by atoms with Gasteiger partial charge >= 0.3 is 0 Å². The normalized spacial score (nSPS) is 11.0. The van der Waals surface area contributed by atoms with Gasteiger partial charge in [0.15, 0.2) is 0 Å². The number of hydrogen-bond acceptors (Lipinski definition) is 3. The van der Waals surface area contributed by atoms with Crippen molar-refractivity contribution in [3.63, 3.8) is 0 Å². The molecule has 1 aromatic rings. The van der Waals surface area contributed by atoms with Crippen LogP contribution in [-0.2, 0) is 10.2 Å². The van der Waals surface area contributed by atoms with Gasteiger partial charge in [0.05, 0.1) is 12.5 Å². The van der Waals surface area contributed by atoms with Gasteiger partial charge in [0.1, 0.15) is 5.75 Å². The fraction of sp³-hybridized carbons (Fsp3) is 0.417. The lowest BCUT2D eigenvalue weighted by Gasteiger charge is -2.25. The second-order valence-electron chi connectivity index (χ2n) is 4.03. The minimum absolute atomic E-state index is 0.0977. The Kier molecular flexibility index (Phi) is 3.90. The first-order valence-electron chi connectivity index (χ1n) is 5.14. The first-order valence-corrected chi connectivity index (χ1v) is 5.14. The van der Waals surface area contributed by atoms with Crippen LogP contribution in [-0.4, -0.2) is 20.1 Å². The number of para-hydroxylation sites is 1. The van der Waals surface area contributed by atoms with Gasteiger partial charge in [0.2, 0.25) is 5.91 Å². The summed E-state index contributed by atoms with van der Waals surface area (Å²) in [7, 11) is 3.26. The number of methoxy groups -OCH3 is 1. The van der Waals surface area contributed by atoms with E-state index in [1.165, 1.54) is 0 Å². The van der Waals surface area contributed by atoms with Crippen molar-refractivity contribution < 1.29 is 9.53 Å². The Morgan fingerprint density at radius 2 is 1.94 bits per heavy atom. The van der Waals surface area contributed by atoms with E-state index in [1.807, 2.05) is 38.1 Å². The van der Waals surface area contributed by atoms with E-state index < -0.39 is 5.41 Å². The lowest BCUT2D eigenvalue weighted by atomic mass is 9.83. The summed E-state index contributed by atoms with van der Waals surface area (Å²) in [6.45, 7) is 3.72. The number of nitrogens with one attached hydrogen (secondary N) is 2. The molecule has 0 aliphatic rings. The van der Waals surface area contributed by atoms with Gasteiger partial charge in [-0.25, -0.2) is 5.43 Å². The molecule has 4 nitrogen and oxygen atoms in total. The van der Waals surface area contributed by atoms with E-state index in [9.17, 15) is 4.79 Å². The van der Waals surface area contributed by atoms with Gasteiger partial charge in [-0.3, -0.25) is 10.2 Å². The Morgan fingerprint density at radius 3 is 2.50 bits per heavy atom. The minimum atomic E-state index is -0.643. The fourth-order valence-corrected chi connectivity index (χ4v) is 1.55. The molecule has 0 saturated carbocycles. The molecular formula is C12H18N2O2. The zero-order valence-electron chi connectivity index (χ0n) is 10.1. The Bertz CT molecular complexity index is 375. The van der Waals surface area contributed by atoms with E-state index in [1.54, 1.807) is 14.2 Å². The summed E-state index contributed by atoms with van der Waals surface area (Å²) in [5.74, 6) is 0.623. The molecule has 0 atom stereocenters. The van der Waals surface area contributed by atoms with Crippen molar-refractivity contribution in [2.75, 3.05) is 14.2 Å². The van der Waals surface area contributed by atoms with Gasteiger partial charge in [0, 0.05) is 12.6 Å². The average molecular weight is 222 g/mol. The van der Waals surface area contributed by atoms with Crippen molar-refractivity contribution >= 4 is 5.91 Å². The molecule has 0 aliphatic carbocycles. The van der Waals surface area contributed by atoms with Gasteiger partial charge in [0.25, 0.3) is 0 Å². The molecule has 0 fully saturated rings. The summed E-state index contributed by atoms with van der Waals surface area (Å²) in [5, 5.41) is 0. The quantitative estimate of drug-likeness (QED) is 0.753. The number of hydrazine groups is 1. The van der Waals surface area contributed by atoms with Gasteiger partial charge in [-0.2, -0.15) is 0 Å². The highest BCUT2D eigenvalue weighted by atomic mass is 16.5. The number of benzene rings is 1. The maximum absolute atomic E-state index is 11.9. The van der Waals surface area contributed by atoms with E-state index in [0.717, 1.165) is 11.3 Å². The maximum Gasteiger partial charge on any atom is 0.244 e. The highest BCUT2D eigenvalue weighted by molar-refractivity contribution is 5.87. The first kappa shape index (κ1) is 12.5. The van der Waals surface area contributed by atoms with Crippen LogP contribution in [0.25, 0.3) is 0 Å². The topological polar surface area (TPSA) is 50.4 Å². The first-order chi connectivity index (χ1) is 7.54. The lowest BCUT2D eigenvalue weighted by molar-refractivity contribution is -0.126. The summed E-state index contributed by atoms with van der Waals surface area (Å²) in [5.41, 5.74) is 5.45. The molecule has 16 heavy (non-hydrogen) atoms. The van der Waals surface area contributed by atoms with Gasteiger partial charge < -0.3 is 4.74 Å². The summed E-state index contributed by atoms with van der Waals surface area (Å²) in [4.78, 5) is 11.9.